The summed E-state index contributed by atoms with van der Waals surface area (Å²) >= 11 is 0. The Morgan fingerprint density at radius 1 is 0.460 bits per heavy atom. The van der Waals surface area contributed by atoms with E-state index >= 15 is 0 Å². The Morgan fingerprint density at radius 3 is 1.49 bits per heavy atom. The van der Waals surface area contributed by atoms with Crippen molar-refractivity contribution in [2.24, 2.45) is 7.05 Å². The molecule has 0 bridgehead atoms. The van der Waals surface area contributed by atoms with Crippen LogP contribution in [0, 0.1) is 6.92 Å². The minimum atomic E-state index is -4.42. The predicted molar refractivity (Wildman–Crippen MR) is 454 cm³/mol. The van der Waals surface area contributed by atoms with Crippen LogP contribution in [0.25, 0.3) is 21.8 Å². The number of alkyl halides is 3. The molecule has 113 heavy (non-hydrogen) atoms. The van der Waals surface area contributed by atoms with Gasteiger partial charge in [0, 0.05) is 179 Å². The fraction of sp³-hybridized carbons (Fsp3) is 0.651. The zero-order valence-electron chi connectivity index (χ0n) is 71.1. The largest absolute Gasteiger partial charge is 0.451 e. The summed E-state index contributed by atoms with van der Waals surface area (Å²) in [5.74, 6) is 6.16. The third kappa shape index (κ3) is 24.6. The summed E-state index contributed by atoms with van der Waals surface area (Å²) in [6.07, 6.45) is 9.48. The van der Waals surface area contributed by atoms with E-state index in [4.69, 9.17) is 0 Å². The van der Waals surface area contributed by atoms with Gasteiger partial charge in [-0.2, -0.15) is 13.2 Å². The lowest BCUT2D eigenvalue weighted by molar-refractivity contribution is -0.148. The van der Waals surface area contributed by atoms with E-state index in [1.54, 1.807) is 6.33 Å². The van der Waals surface area contributed by atoms with Crippen molar-refractivity contribution in [1.82, 2.24) is 118 Å². The number of hydrogen-bond donors (Lipinski definition) is 2. The maximum absolute atomic E-state index is 12.6. The highest BCUT2D eigenvalue weighted by atomic mass is 19.4. The van der Waals surface area contributed by atoms with Crippen molar-refractivity contribution in [3.8, 4) is 0 Å². The van der Waals surface area contributed by atoms with Gasteiger partial charge in [-0.15, -0.1) is 40.8 Å². The standard InChI is InChI=1S/C12H15N.C11H20N4.C11H13N.C10H15F3N4.C10H18N4.2C10H17N3.C9H16N4.3CH4/c1-9(2)11-8-13(3)12-7-5-4-6-10(11)12;1-5-9-12-13-10-8-14(11(2,3)4)6-7-15(9)10;1-8(2)10-7-12-11-6-4-3-5-9(10)11;1-9(2,3)16-4-5-17-7(6-16)14-15-8(17)10(11,12)13;1-8-11-12-9-7-13(10(2,3)4)5-6-14(8)9;1-10(2,3)13-5-4-12-8-11-6-9(12)7-13;1-10(2,3)13-5-4-8-9(6-13)12-7-11-8;1-9(2,3)13-5-4-12-7-10-11-8(12)6-13;;;/h4-9H,1-3H3;5-8H2,1-4H3;3-8,12H,1-2H3;4-6H2,1-3H3;5-7H2,1-4H3;6,8H,4-5,7H2,1-3H3;7H,4-6H2,1-3H3,(H,11,12);7H,4-6H2,1-3H3;3*1H4. The second-order valence-corrected chi connectivity index (χ2v) is 36.4. The summed E-state index contributed by atoms with van der Waals surface area (Å²) in [6, 6.07) is 17.0. The number of H-pyrrole nitrogens is 2. The first-order valence-corrected chi connectivity index (χ1v) is 39.7. The summed E-state index contributed by atoms with van der Waals surface area (Å²) in [6.45, 7) is 68.7. The van der Waals surface area contributed by atoms with Crippen LogP contribution in [0.15, 0.2) is 86.1 Å². The molecule has 0 saturated carbocycles. The number of nitrogens with zero attached hydrogens (tertiary/aromatic N) is 22. The first kappa shape index (κ1) is 93.9. The molecule has 10 aromatic rings. The predicted octanol–water partition coefficient (Wildman–Crippen LogP) is 17.0. The molecule has 24 nitrogen and oxygen atoms in total. The minimum absolute atomic E-state index is 0. The van der Waals surface area contributed by atoms with E-state index in [0.29, 0.717) is 30.7 Å². The van der Waals surface area contributed by atoms with Gasteiger partial charge in [-0.05, 0) is 167 Å². The highest BCUT2D eigenvalue weighted by molar-refractivity contribution is 5.84. The zero-order valence-corrected chi connectivity index (χ0v) is 71.1. The van der Waals surface area contributed by atoms with E-state index in [9.17, 15) is 13.2 Å². The Balaban J connectivity index is 0.000000201. The van der Waals surface area contributed by atoms with E-state index in [0.717, 1.165) is 134 Å². The van der Waals surface area contributed by atoms with Crippen LogP contribution in [0.2, 0.25) is 0 Å². The Hall–Kier alpha value is -7.95. The molecule has 16 rings (SSSR count). The fourth-order valence-corrected chi connectivity index (χ4v) is 14.5. The Kier molecular flexibility index (Phi) is 32.1. The van der Waals surface area contributed by atoms with Crippen LogP contribution in [0.5, 0.6) is 0 Å². The molecule has 14 heterocycles. The van der Waals surface area contributed by atoms with Gasteiger partial charge in [0.2, 0.25) is 5.82 Å². The SMILES string of the molecule is C.C.C.CC(C)(C)N1CCc2nc[nH]c2C1.CC(C)(C)N1CCn2c(nnc2C(F)(F)F)C1.CC(C)(C)N1CCn2cncc2C1.CC(C)(C)N1CCn2cnnc2C1.CC(C)c1c[nH]c2ccccc12.CC(C)c1cn(C)c2ccccc12.CCc1nnc2n1CCN(C(C)(C)C)C2.Cc1nnc2n1CCN(C(C)(C)C)C2. The van der Waals surface area contributed by atoms with Gasteiger partial charge in [0.05, 0.1) is 55.9 Å². The molecule has 0 saturated heterocycles. The monoisotopic (exact) mass is 1570 g/mol. The molecule has 0 aliphatic carbocycles. The van der Waals surface area contributed by atoms with Crippen LogP contribution in [0.3, 0.4) is 0 Å². The molecule has 6 aliphatic heterocycles. The van der Waals surface area contributed by atoms with Gasteiger partial charge in [-0.3, -0.25) is 29.4 Å². The van der Waals surface area contributed by atoms with Gasteiger partial charge < -0.3 is 37.4 Å². The second-order valence-electron chi connectivity index (χ2n) is 36.4. The lowest BCUT2D eigenvalue weighted by Gasteiger charge is -2.38. The number of aryl methyl sites for hydroxylation is 3. The van der Waals surface area contributed by atoms with Gasteiger partial charge in [0.15, 0.2) is 0 Å². The molecular formula is C86H143F3N24. The van der Waals surface area contributed by atoms with Gasteiger partial charge in [-0.1, -0.05) is 93.3 Å². The quantitative estimate of drug-likeness (QED) is 0.168. The molecule has 0 radical (unpaired) electrons. The van der Waals surface area contributed by atoms with E-state index in [-0.39, 0.29) is 62.1 Å². The smallest absolute Gasteiger partial charge is 0.361 e. The van der Waals surface area contributed by atoms with Crippen molar-refractivity contribution in [3.05, 3.63) is 155 Å². The Morgan fingerprint density at radius 2 is 0.929 bits per heavy atom. The van der Waals surface area contributed by atoms with Crippen molar-refractivity contribution in [2.75, 3.05) is 39.3 Å². The Bertz CT molecular complexity index is 4360. The van der Waals surface area contributed by atoms with Gasteiger partial charge in [0.25, 0.3) is 0 Å². The summed E-state index contributed by atoms with van der Waals surface area (Å²) in [5.41, 5.74) is 10.4. The van der Waals surface area contributed by atoms with Gasteiger partial charge in [0.1, 0.15) is 41.3 Å². The third-order valence-electron chi connectivity index (χ3n) is 21.8. The molecule has 0 amide bonds. The van der Waals surface area contributed by atoms with Crippen LogP contribution >= 0.6 is 0 Å². The van der Waals surface area contributed by atoms with Crippen LogP contribution in [0.4, 0.5) is 13.2 Å². The topological polar surface area (TPSA) is 210 Å². The van der Waals surface area contributed by atoms with Gasteiger partial charge >= 0.3 is 6.18 Å². The maximum Gasteiger partial charge on any atom is 0.451 e. The number of benzene rings is 2. The van der Waals surface area contributed by atoms with E-state index in [2.05, 4.69) is 319 Å². The number of aromatic nitrogens is 18. The number of para-hydroxylation sites is 2. The van der Waals surface area contributed by atoms with Crippen molar-refractivity contribution < 1.29 is 13.2 Å². The number of aromatic amines is 2. The molecule has 0 fully saturated rings. The third-order valence-corrected chi connectivity index (χ3v) is 21.8. The van der Waals surface area contributed by atoms with Crippen LogP contribution < -0.4 is 0 Å². The first-order chi connectivity index (χ1) is 51.4. The van der Waals surface area contributed by atoms with Crippen molar-refractivity contribution in [1.29, 1.82) is 0 Å². The summed E-state index contributed by atoms with van der Waals surface area (Å²) < 4.78 is 50.0. The average Bonchev–Trinajstić information content (AvgIpc) is 1.65. The number of imidazole rings is 2. The van der Waals surface area contributed by atoms with Crippen molar-refractivity contribution in [2.45, 2.75) is 325 Å². The summed E-state index contributed by atoms with van der Waals surface area (Å²) in [5, 5.41) is 34.4. The Labute approximate surface area is 675 Å². The number of nitrogens with one attached hydrogen (secondary N) is 2. The molecule has 0 atom stereocenters. The number of fused-ring (bicyclic) bond motifs is 8. The minimum Gasteiger partial charge on any atom is -0.361 e. The normalized spacial score (nSPS) is 16.3. The van der Waals surface area contributed by atoms with Crippen LogP contribution in [0.1, 0.15) is 262 Å². The van der Waals surface area contributed by atoms with Gasteiger partial charge in [-0.25, -0.2) is 9.97 Å². The highest BCUT2D eigenvalue weighted by Gasteiger charge is 2.41. The van der Waals surface area contributed by atoms with Crippen LogP contribution in [-0.4, -0.2) is 190 Å². The summed E-state index contributed by atoms with van der Waals surface area (Å²) in [7, 11) is 2.11. The average molecular weight is 1570 g/mol. The molecule has 0 spiro atoms. The molecule has 2 N–H and O–H groups in total. The van der Waals surface area contributed by atoms with Crippen molar-refractivity contribution in [3.63, 3.8) is 0 Å². The van der Waals surface area contributed by atoms with Crippen LogP contribution in [-0.2, 0) is 98.1 Å². The number of hydrogen-bond acceptors (Lipinski definition) is 16. The number of halogens is 3. The van der Waals surface area contributed by atoms with E-state index in [1.165, 1.54) is 54.6 Å². The molecule has 27 heteroatoms. The fourth-order valence-electron chi connectivity index (χ4n) is 14.5. The molecule has 628 valence electrons. The summed E-state index contributed by atoms with van der Waals surface area (Å²) in [4.78, 5) is 29.3. The first-order valence-electron chi connectivity index (χ1n) is 39.7. The van der Waals surface area contributed by atoms with E-state index < -0.39 is 12.0 Å². The lowest BCUT2D eigenvalue weighted by atomic mass is 10.0. The molecule has 8 aromatic heterocycles. The van der Waals surface area contributed by atoms with Crippen molar-refractivity contribution >= 4 is 21.8 Å². The number of rotatable bonds is 3. The second kappa shape index (κ2) is 38.7. The molecule has 0 unspecified atom stereocenters. The molecule has 6 aliphatic rings. The molecular weight excluding hydrogens is 1430 g/mol. The highest BCUT2D eigenvalue weighted by Crippen LogP contribution is 2.33. The molecule has 2 aromatic carbocycles. The van der Waals surface area contributed by atoms with E-state index in [1.807, 2.05) is 46.5 Å². The lowest BCUT2D eigenvalue weighted by Crippen LogP contribution is -2.46. The maximum atomic E-state index is 12.6. The zero-order chi connectivity index (χ0) is 80.6.